The van der Waals surface area contributed by atoms with Gasteiger partial charge < -0.3 is 9.09 Å². The van der Waals surface area contributed by atoms with Gasteiger partial charge in [-0.15, -0.1) is 0 Å². The molecule has 1 N–H and O–H groups in total. The first kappa shape index (κ1) is 16.4. The maximum absolute atomic E-state index is 12.9. The summed E-state index contributed by atoms with van der Waals surface area (Å²) in [4.78, 5) is 4.37. The second-order valence-electron chi connectivity index (χ2n) is 5.51. The Morgan fingerprint density at radius 3 is 2.46 bits per heavy atom. The van der Waals surface area contributed by atoms with Crippen LogP contribution in [-0.4, -0.2) is 23.1 Å². The molecule has 0 saturated heterocycles. The predicted molar refractivity (Wildman–Crippen MR) is 87.8 cm³/mol. The summed E-state index contributed by atoms with van der Waals surface area (Å²) in [6, 6.07) is 8.68. The van der Waals surface area contributed by atoms with Crippen molar-refractivity contribution in [3.05, 3.63) is 65.6 Å². The zero-order valence-electron chi connectivity index (χ0n) is 13.6. The van der Waals surface area contributed by atoms with Crippen LogP contribution < -0.4 is 4.72 Å². The largest absolute Gasteiger partial charge is 0.360 e. The Labute approximate surface area is 140 Å². The normalized spacial score (nSPS) is 13.1. The lowest BCUT2D eigenvalue weighted by Gasteiger charge is -2.19. The number of imidazole rings is 1. The Hall–Kier alpha value is -2.45. The van der Waals surface area contributed by atoms with E-state index in [0.29, 0.717) is 11.5 Å². The van der Waals surface area contributed by atoms with Crippen LogP contribution >= 0.6 is 0 Å². The standard InChI is InChI=1S/C16H18N4O3S/c1-11-15(12(2)23-18-11)24(21,22)19-14(13-7-5-4-6-8-13)16-17-9-10-20(16)3/h4-10,14,19H,1-3H3/t14-/m1/s1. The molecule has 2 aromatic heterocycles. The van der Waals surface area contributed by atoms with E-state index in [1.807, 2.05) is 37.4 Å². The predicted octanol–water partition coefficient (Wildman–Crippen LogP) is 2.09. The maximum Gasteiger partial charge on any atom is 0.246 e. The number of benzene rings is 1. The van der Waals surface area contributed by atoms with Gasteiger partial charge in [0.25, 0.3) is 0 Å². The van der Waals surface area contributed by atoms with Crippen molar-refractivity contribution >= 4 is 10.0 Å². The van der Waals surface area contributed by atoms with E-state index >= 15 is 0 Å². The molecule has 0 aliphatic carbocycles. The molecule has 0 amide bonds. The highest BCUT2D eigenvalue weighted by atomic mass is 32.2. The van der Waals surface area contributed by atoms with Crippen LogP contribution in [-0.2, 0) is 17.1 Å². The van der Waals surface area contributed by atoms with Crippen LogP contribution in [0.1, 0.15) is 28.9 Å². The Morgan fingerprint density at radius 1 is 1.21 bits per heavy atom. The fourth-order valence-electron chi connectivity index (χ4n) is 2.64. The Bertz CT molecular complexity index is 925. The van der Waals surface area contributed by atoms with Crippen molar-refractivity contribution < 1.29 is 12.9 Å². The zero-order chi connectivity index (χ0) is 17.3. The van der Waals surface area contributed by atoms with E-state index in [-0.39, 0.29) is 10.7 Å². The van der Waals surface area contributed by atoms with E-state index < -0.39 is 16.1 Å². The molecule has 8 heteroatoms. The van der Waals surface area contributed by atoms with Crippen molar-refractivity contribution in [2.45, 2.75) is 24.8 Å². The van der Waals surface area contributed by atoms with E-state index in [2.05, 4.69) is 14.9 Å². The molecule has 1 atom stereocenters. The first-order chi connectivity index (χ1) is 11.4. The Morgan fingerprint density at radius 2 is 1.92 bits per heavy atom. The Kier molecular flexibility index (Phi) is 4.25. The minimum absolute atomic E-state index is 0.0673. The van der Waals surface area contributed by atoms with Crippen LogP contribution in [0.5, 0.6) is 0 Å². The van der Waals surface area contributed by atoms with Crippen molar-refractivity contribution in [2.75, 3.05) is 0 Å². The third kappa shape index (κ3) is 2.98. The Balaban J connectivity index is 2.07. The van der Waals surface area contributed by atoms with Gasteiger partial charge in [0.15, 0.2) is 5.76 Å². The lowest BCUT2D eigenvalue weighted by molar-refractivity contribution is 0.390. The van der Waals surface area contributed by atoms with Crippen molar-refractivity contribution in [3.8, 4) is 0 Å². The van der Waals surface area contributed by atoms with Crippen molar-refractivity contribution in [1.82, 2.24) is 19.4 Å². The molecular formula is C16H18N4O3S. The minimum atomic E-state index is -3.83. The van der Waals surface area contributed by atoms with E-state index in [9.17, 15) is 8.42 Å². The summed E-state index contributed by atoms with van der Waals surface area (Å²) in [6.07, 6.45) is 3.41. The third-order valence-corrected chi connectivity index (χ3v) is 5.43. The first-order valence-electron chi connectivity index (χ1n) is 7.37. The highest BCUT2D eigenvalue weighted by molar-refractivity contribution is 7.89. The molecule has 1 aromatic carbocycles. The number of nitrogens with one attached hydrogen (secondary N) is 1. The van der Waals surface area contributed by atoms with E-state index in [1.165, 1.54) is 0 Å². The molecule has 3 rings (SSSR count). The fourth-order valence-corrected chi connectivity index (χ4v) is 4.15. The molecule has 3 aromatic rings. The fraction of sp³-hybridized carbons (Fsp3) is 0.250. The summed E-state index contributed by atoms with van der Waals surface area (Å²) in [5.74, 6) is 0.850. The van der Waals surface area contributed by atoms with E-state index in [1.54, 1.807) is 30.8 Å². The summed E-state index contributed by atoms with van der Waals surface area (Å²) < 4.78 is 35.3. The number of hydrogen-bond donors (Lipinski definition) is 1. The van der Waals surface area contributed by atoms with Gasteiger partial charge in [-0.05, 0) is 19.4 Å². The average Bonchev–Trinajstić information content (AvgIpc) is 3.12. The second-order valence-corrected chi connectivity index (χ2v) is 7.17. The van der Waals surface area contributed by atoms with Crippen LogP contribution in [0.15, 0.2) is 52.1 Å². The number of sulfonamides is 1. The summed E-state index contributed by atoms with van der Waals surface area (Å²) in [7, 11) is -2.01. The van der Waals surface area contributed by atoms with Gasteiger partial charge in [-0.2, -0.15) is 4.72 Å². The van der Waals surface area contributed by atoms with Gasteiger partial charge in [-0.25, -0.2) is 13.4 Å². The van der Waals surface area contributed by atoms with Gasteiger partial charge in [0.1, 0.15) is 22.5 Å². The van der Waals surface area contributed by atoms with Crippen LogP contribution in [0.4, 0.5) is 0 Å². The third-order valence-electron chi connectivity index (χ3n) is 3.76. The van der Waals surface area contributed by atoms with Crippen LogP contribution in [0.25, 0.3) is 0 Å². The molecule has 0 fully saturated rings. The van der Waals surface area contributed by atoms with Crippen molar-refractivity contribution in [3.63, 3.8) is 0 Å². The van der Waals surface area contributed by atoms with Gasteiger partial charge >= 0.3 is 0 Å². The molecule has 0 saturated carbocycles. The van der Waals surface area contributed by atoms with Crippen LogP contribution in [0, 0.1) is 13.8 Å². The van der Waals surface area contributed by atoms with Gasteiger partial charge in [0, 0.05) is 19.4 Å². The maximum atomic E-state index is 12.9. The number of aryl methyl sites for hydroxylation is 3. The van der Waals surface area contributed by atoms with Gasteiger partial charge in [0.05, 0.1) is 0 Å². The molecule has 0 aliphatic rings. The molecule has 2 heterocycles. The molecule has 126 valence electrons. The van der Waals surface area contributed by atoms with Gasteiger partial charge in [0.2, 0.25) is 10.0 Å². The number of aromatic nitrogens is 3. The minimum Gasteiger partial charge on any atom is -0.360 e. The molecule has 24 heavy (non-hydrogen) atoms. The average molecular weight is 346 g/mol. The second kappa shape index (κ2) is 6.21. The molecule has 0 bridgehead atoms. The molecular weight excluding hydrogens is 328 g/mol. The van der Waals surface area contributed by atoms with Crippen LogP contribution in [0.2, 0.25) is 0 Å². The van der Waals surface area contributed by atoms with Crippen molar-refractivity contribution in [1.29, 1.82) is 0 Å². The summed E-state index contributed by atoms with van der Waals surface area (Å²) in [5, 5.41) is 3.73. The topological polar surface area (TPSA) is 90.0 Å². The highest BCUT2D eigenvalue weighted by Crippen LogP contribution is 2.25. The summed E-state index contributed by atoms with van der Waals surface area (Å²) in [6.45, 7) is 3.18. The van der Waals surface area contributed by atoms with E-state index in [4.69, 9.17) is 4.52 Å². The lowest BCUT2D eigenvalue weighted by atomic mass is 10.1. The van der Waals surface area contributed by atoms with E-state index in [0.717, 1.165) is 5.56 Å². The van der Waals surface area contributed by atoms with Gasteiger partial charge in [-0.3, -0.25) is 0 Å². The summed E-state index contributed by atoms with van der Waals surface area (Å²) in [5.41, 5.74) is 1.12. The lowest BCUT2D eigenvalue weighted by Crippen LogP contribution is -2.31. The first-order valence-corrected chi connectivity index (χ1v) is 8.86. The molecule has 7 nitrogen and oxygen atoms in total. The van der Waals surface area contributed by atoms with Crippen molar-refractivity contribution in [2.24, 2.45) is 7.05 Å². The molecule has 0 unspecified atom stereocenters. The SMILES string of the molecule is Cc1noc(C)c1S(=O)(=O)N[C@H](c1ccccc1)c1nccn1C. The summed E-state index contributed by atoms with van der Waals surface area (Å²) >= 11 is 0. The smallest absolute Gasteiger partial charge is 0.246 e. The monoisotopic (exact) mass is 346 g/mol. The number of rotatable bonds is 5. The van der Waals surface area contributed by atoms with Crippen LogP contribution in [0.3, 0.4) is 0 Å². The molecule has 0 aliphatic heterocycles. The molecule has 0 spiro atoms. The van der Waals surface area contributed by atoms with Gasteiger partial charge in [-0.1, -0.05) is 35.5 Å². The quantitative estimate of drug-likeness (QED) is 0.764. The number of hydrogen-bond acceptors (Lipinski definition) is 5. The zero-order valence-corrected chi connectivity index (χ0v) is 14.4. The molecule has 0 radical (unpaired) electrons. The highest BCUT2D eigenvalue weighted by Gasteiger charge is 2.30. The number of nitrogens with zero attached hydrogens (tertiary/aromatic N) is 3.